The van der Waals surface area contributed by atoms with Gasteiger partial charge in [-0.1, -0.05) is 26.8 Å². The predicted octanol–water partition coefficient (Wildman–Crippen LogP) is 4.78. The molecule has 1 aliphatic heterocycles. The van der Waals surface area contributed by atoms with Gasteiger partial charge in [0.05, 0.1) is 4.47 Å². The Balaban J connectivity index is 1.51. The normalized spacial score (nSPS) is 14.3. The lowest BCUT2D eigenvalue weighted by Gasteiger charge is -2.38. The monoisotopic (exact) mass is 501 g/mol. The van der Waals surface area contributed by atoms with E-state index in [4.69, 9.17) is 4.74 Å². The summed E-state index contributed by atoms with van der Waals surface area (Å²) in [7, 11) is 0. The molecular weight excluding hydrogens is 470 g/mol. The van der Waals surface area contributed by atoms with Gasteiger partial charge in [-0.25, -0.2) is 0 Å². The Bertz CT molecular complexity index is 952. The summed E-state index contributed by atoms with van der Waals surface area (Å²) >= 11 is 3.50. The van der Waals surface area contributed by atoms with Crippen LogP contribution in [0.3, 0.4) is 0 Å². The van der Waals surface area contributed by atoms with E-state index in [2.05, 4.69) is 26.1 Å². The fourth-order valence-corrected chi connectivity index (χ4v) is 4.61. The van der Waals surface area contributed by atoms with Gasteiger partial charge in [0.25, 0.3) is 5.91 Å². The number of benzene rings is 2. The number of ether oxygens (including phenoxy) is 1. The smallest absolute Gasteiger partial charge is 0.262 e. The van der Waals surface area contributed by atoms with Crippen LogP contribution in [-0.4, -0.2) is 49.5 Å². The molecular formula is C25H32BrN3O3. The van der Waals surface area contributed by atoms with E-state index in [0.29, 0.717) is 5.75 Å². The van der Waals surface area contributed by atoms with Crippen LogP contribution >= 0.6 is 15.9 Å². The summed E-state index contributed by atoms with van der Waals surface area (Å²) in [6, 6.07) is 11.8. The summed E-state index contributed by atoms with van der Waals surface area (Å²) in [5.41, 5.74) is 3.58. The highest BCUT2D eigenvalue weighted by atomic mass is 79.9. The minimum absolute atomic E-state index is 0.0615. The molecule has 0 aromatic heterocycles. The van der Waals surface area contributed by atoms with Crippen molar-refractivity contribution < 1.29 is 14.3 Å². The zero-order valence-corrected chi connectivity index (χ0v) is 21.1. The maximum absolute atomic E-state index is 12.5. The molecule has 0 bridgehead atoms. The number of nitrogens with one attached hydrogen (secondary N) is 1. The molecule has 6 nitrogen and oxygen atoms in total. The van der Waals surface area contributed by atoms with Crippen molar-refractivity contribution in [2.75, 3.05) is 43.0 Å². The van der Waals surface area contributed by atoms with Gasteiger partial charge in [-0.2, -0.15) is 0 Å². The number of anilines is 2. The number of carbonyl (C=O) groups excluding carboxylic acids is 2. The summed E-state index contributed by atoms with van der Waals surface area (Å²) in [5, 5.41) is 2.88. The number of hydrogen-bond donors (Lipinski definition) is 1. The second-order valence-electron chi connectivity index (χ2n) is 9.31. The lowest BCUT2D eigenvalue weighted by molar-refractivity contribution is -0.139. The van der Waals surface area contributed by atoms with Crippen LogP contribution < -0.4 is 15.0 Å². The van der Waals surface area contributed by atoms with Crippen molar-refractivity contribution in [3.8, 4) is 5.75 Å². The Morgan fingerprint density at radius 1 is 1.03 bits per heavy atom. The summed E-state index contributed by atoms with van der Waals surface area (Å²) < 4.78 is 6.57. The van der Waals surface area contributed by atoms with Crippen molar-refractivity contribution in [3.63, 3.8) is 0 Å². The third kappa shape index (κ3) is 6.03. The van der Waals surface area contributed by atoms with Gasteiger partial charge in [-0.3, -0.25) is 9.59 Å². The van der Waals surface area contributed by atoms with Crippen molar-refractivity contribution in [2.45, 2.75) is 34.6 Å². The van der Waals surface area contributed by atoms with Crippen LogP contribution in [0.15, 0.2) is 40.9 Å². The van der Waals surface area contributed by atoms with Crippen molar-refractivity contribution in [1.82, 2.24) is 4.90 Å². The maximum atomic E-state index is 12.5. The van der Waals surface area contributed by atoms with Crippen LogP contribution in [0.1, 0.15) is 31.9 Å². The van der Waals surface area contributed by atoms with E-state index in [9.17, 15) is 9.59 Å². The average molecular weight is 502 g/mol. The molecule has 1 N–H and O–H groups in total. The third-order valence-electron chi connectivity index (χ3n) is 5.45. The van der Waals surface area contributed by atoms with Crippen molar-refractivity contribution in [3.05, 3.63) is 52.0 Å². The quantitative estimate of drug-likeness (QED) is 0.640. The predicted molar refractivity (Wildman–Crippen MR) is 132 cm³/mol. The summed E-state index contributed by atoms with van der Waals surface area (Å²) in [6.45, 7) is 12.8. The topological polar surface area (TPSA) is 61.9 Å². The van der Waals surface area contributed by atoms with Crippen LogP contribution in [0.25, 0.3) is 0 Å². The van der Waals surface area contributed by atoms with E-state index in [1.807, 2.05) is 75.9 Å². The highest BCUT2D eigenvalue weighted by Gasteiger charge is 2.29. The molecule has 1 fully saturated rings. The Labute approximate surface area is 199 Å². The molecule has 2 aromatic carbocycles. The molecule has 1 heterocycles. The first-order chi connectivity index (χ1) is 15.0. The second kappa shape index (κ2) is 9.94. The maximum Gasteiger partial charge on any atom is 0.262 e. The molecule has 7 heteroatoms. The molecule has 0 aliphatic carbocycles. The molecule has 2 aromatic rings. The Hall–Kier alpha value is -2.54. The van der Waals surface area contributed by atoms with Gasteiger partial charge in [-0.15, -0.1) is 0 Å². The molecule has 3 rings (SSSR count). The van der Waals surface area contributed by atoms with E-state index in [-0.39, 0.29) is 23.8 Å². The number of piperazine rings is 1. The molecule has 2 amide bonds. The molecule has 32 heavy (non-hydrogen) atoms. The summed E-state index contributed by atoms with van der Waals surface area (Å²) in [4.78, 5) is 29.0. The minimum atomic E-state index is -0.347. The zero-order chi connectivity index (χ0) is 23.5. The lowest BCUT2D eigenvalue weighted by Crippen LogP contribution is -2.51. The van der Waals surface area contributed by atoms with Gasteiger partial charge in [-0.05, 0) is 71.2 Å². The molecule has 1 saturated heterocycles. The van der Waals surface area contributed by atoms with Crippen LogP contribution in [0, 0.1) is 19.3 Å². The number of amides is 2. The van der Waals surface area contributed by atoms with Crippen molar-refractivity contribution >= 4 is 39.1 Å². The van der Waals surface area contributed by atoms with Crippen molar-refractivity contribution in [1.29, 1.82) is 0 Å². The Morgan fingerprint density at radius 3 is 2.22 bits per heavy atom. The number of halogens is 1. The molecule has 0 atom stereocenters. The molecule has 0 saturated carbocycles. The summed E-state index contributed by atoms with van der Waals surface area (Å²) in [5.74, 6) is 0.675. The fourth-order valence-electron chi connectivity index (χ4n) is 3.82. The van der Waals surface area contributed by atoms with Crippen LogP contribution in [0.5, 0.6) is 5.75 Å². The highest BCUT2D eigenvalue weighted by molar-refractivity contribution is 9.10. The molecule has 172 valence electrons. The highest BCUT2D eigenvalue weighted by Crippen LogP contribution is 2.30. The molecule has 0 radical (unpaired) electrons. The van der Waals surface area contributed by atoms with Gasteiger partial charge in [0.15, 0.2) is 6.61 Å². The number of aryl methyl sites for hydroxylation is 2. The average Bonchev–Trinajstić information content (AvgIpc) is 2.72. The third-order valence-corrected chi connectivity index (χ3v) is 6.03. The van der Waals surface area contributed by atoms with Gasteiger partial charge in [0, 0.05) is 43.0 Å². The van der Waals surface area contributed by atoms with E-state index >= 15 is 0 Å². The Kier molecular flexibility index (Phi) is 7.49. The van der Waals surface area contributed by atoms with E-state index in [1.54, 1.807) is 0 Å². The standard InChI is InChI=1S/C25H32BrN3O3/c1-17-14-18(2)23(21(26)15-17)32-16-22(30)27-19-6-8-20(9-7-19)28-10-12-29(13-11-28)24(31)25(3,4)5/h6-9,14-15H,10-13,16H2,1-5H3,(H,27,30). The molecule has 0 spiro atoms. The number of nitrogens with zero attached hydrogens (tertiary/aromatic N) is 2. The van der Waals surface area contributed by atoms with Gasteiger partial charge in [0.2, 0.25) is 5.91 Å². The zero-order valence-electron chi connectivity index (χ0n) is 19.5. The number of rotatable bonds is 5. The summed E-state index contributed by atoms with van der Waals surface area (Å²) in [6.07, 6.45) is 0. The Morgan fingerprint density at radius 2 is 1.66 bits per heavy atom. The number of carbonyl (C=O) groups is 2. The SMILES string of the molecule is Cc1cc(C)c(OCC(=O)Nc2ccc(N3CCN(C(=O)C(C)(C)C)CC3)cc2)c(Br)c1. The van der Waals surface area contributed by atoms with Crippen LogP contribution in [-0.2, 0) is 9.59 Å². The lowest BCUT2D eigenvalue weighted by atomic mass is 9.94. The van der Waals surface area contributed by atoms with Gasteiger partial charge in [0.1, 0.15) is 5.75 Å². The molecule has 1 aliphatic rings. The van der Waals surface area contributed by atoms with E-state index in [1.165, 1.54) is 0 Å². The van der Waals surface area contributed by atoms with Crippen LogP contribution in [0.4, 0.5) is 11.4 Å². The first-order valence-corrected chi connectivity index (χ1v) is 11.7. The first kappa shape index (κ1) is 24.1. The fraction of sp³-hybridized carbons (Fsp3) is 0.440. The number of hydrogen-bond acceptors (Lipinski definition) is 4. The largest absolute Gasteiger partial charge is 0.482 e. The minimum Gasteiger partial charge on any atom is -0.482 e. The first-order valence-electron chi connectivity index (χ1n) is 10.9. The van der Waals surface area contributed by atoms with Crippen LogP contribution in [0.2, 0.25) is 0 Å². The van der Waals surface area contributed by atoms with E-state index < -0.39 is 0 Å². The van der Waals surface area contributed by atoms with E-state index in [0.717, 1.165) is 53.2 Å². The van der Waals surface area contributed by atoms with Gasteiger partial charge < -0.3 is 19.9 Å². The van der Waals surface area contributed by atoms with Gasteiger partial charge >= 0.3 is 0 Å². The van der Waals surface area contributed by atoms with Crippen molar-refractivity contribution in [2.24, 2.45) is 5.41 Å². The second-order valence-corrected chi connectivity index (χ2v) is 10.2. The molecule has 0 unspecified atom stereocenters.